The van der Waals surface area contributed by atoms with E-state index in [1.807, 2.05) is 12.3 Å². The topological polar surface area (TPSA) is 53.1 Å². The summed E-state index contributed by atoms with van der Waals surface area (Å²) in [6.07, 6.45) is 1.82. The highest BCUT2D eigenvalue weighted by Gasteiger charge is 2.15. The van der Waals surface area contributed by atoms with Crippen LogP contribution in [0.25, 0.3) is 0 Å². The Balaban J connectivity index is 0.00000162. The molecule has 1 saturated heterocycles. The molecule has 0 aliphatic carbocycles. The Hall–Kier alpha value is -1.07. The van der Waals surface area contributed by atoms with Gasteiger partial charge in [0.2, 0.25) is 5.95 Å². The van der Waals surface area contributed by atoms with Crippen LogP contribution in [-0.2, 0) is 0 Å². The standard InChI is InChI=1S/C12H21N5.ClH/c1-12(2,3)16-10-4-5-14-11(15-10)17-8-6-13-7-9-17;/h4-5,13H,6-9H2,1-3H3,(H,14,15,16);1H. The highest BCUT2D eigenvalue weighted by atomic mass is 35.5. The SMILES string of the molecule is CC(C)(C)Nc1ccnc(N2CCNCC2)n1.Cl. The molecule has 2 rings (SSSR count). The molecule has 6 heteroatoms. The second-order valence-corrected chi connectivity index (χ2v) is 5.35. The van der Waals surface area contributed by atoms with E-state index in [1.165, 1.54) is 0 Å². The second kappa shape index (κ2) is 6.20. The molecule has 0 spiro atoms. The van der Waals surface area contributed by atoms with E-state index in [2.05, 4.69) is 46.3 Å². The molecule has 1 aliphatic heterocycles. The van der Waals surface area contributed by atoms with Crippen LogP contribution in [0.5, 0.6) is 0 Å². The monoisotopic (exact) mass is 271 g/mol. The van der Waals surface area contributed by atoms with Gasteiger partial charge in [-0.2, -0.15) is 4.98 Å². The molecule has 1 aromatic rings. The zero-order chi connectivity index (χ0) is 12.3. The van der Waals surface area contributed by atoms with Gasteiger partial charge in [0.25, 0.3) is 0 Å². The quantitative estimate of drug-likeness (QED) is 0.854. The van der Waals surface area contributed by atoms with Crippen LogP contribution in [0.4, 0.5) is 11.8 Å². The Morgan fingerprint density at radius 3 is 2.56 bits per heavy atom. The lowest BCUT2D eigenvalue weighted by Crippen LogP contribution is -2.44. The first kappa shape index (κ1) is 15.0. The van der Waals surface area contributed by atoms with E-state index in [1.54, 1.807) is 0 Å². The zero-order valence-corrected chi connectivity index (χ0v) is 12.0. The zero-order valence-electron chi connectivity index (χ0n) is 11.2. The number of hydrogen-bond donors (Lipinski definition) is 2. The minimum absolute atomic E-state index is 0. The van der Waals surface area contributed by atoms with Crippen LogP contribution in [0.15, 0.2) is 12.3 Å². The van der Waals surface area contributed by atoms with Gasteiger partial charge in [-0.15, -0.1) is 12.4 Å². The van der Waals surface area contributed by atoms with Crippen molar-refractivity contribution in [2.45, 2.75) is 26.3 Å². The molecule has 0 bridgehead atoms. The van der Waals surface area contributed by atoms with Crippen LogP contribution in [0, 0.1) is 0 Å². The van der Waals surface area contributed by atoms with E-state index >= 15 is 0 Å². The summed E-state index contributed by atoms with van der Waals surface area (Å²) in [5.41, 5.74) is 0.0229. The molecule has 0 atom stereocenters. The Kier molecular flexibility index (Phi) is 5.16. The van der Waals surface area contributed by atoms with Crippen molar-refractivity contribution >= 4 is 24.2 Å². The number of aromatic nitrogens is 2. The van der Waals surface area contributed by atoms with Crippen LogP contribution >= 0.6 is 12.4 Å². The molecule has 102 valence electrons. The molecule has 2 heterocycles. The molecule has 5 nitrogen and oxygen atoms in total. The largest absolute Gasteiger partial charge is 0.365 e. The van der Waals surface area contributed by atoms with Crippen LogP contribution in [-0.4, -0.2) is 41.7 Å². The molecule has 0 aromatic carbocycles. The molecule has 0 radical (unpaired) electrons. The lowest BCUT2D eigenvalue weighted by molar-refractivity contribution is 0.579. The van der Waals surface area contributed by atoms with Crippen molar-refractivity contribution < 1.29 is 0 Å². The van der Waals surface area contributed by atoms with Gasteiger partial charge in [0.1, 0.15) is 5.82 Å². The molecule has 1 fully saturated rings. The highest BCUT2D eigenvalue weighted by Crippen LogP contribution is 2.15. The predicted octanol–water partition coefficient (Wildman–Crippen LogP) is 1.52. The van der Waals surface area contributed by atoms with Crippen molar-refractivity contribution in [1.82, 2.24) is 15.3 Å². The average molecular weight is 272 g/mol. The van der Waals surface area contributed by atoms with Gasteiger partial charge in [0.05, 0.1) is 0 Å². The second-order valence-electron chi connectivity index (χ2n) is 5.35. The Bertz CT molecular complexity index is 371. The number of anilines is 2. The van der Waals surface area contributed by atoms with Gasteiger partial charge >= 0.3 is 0 Å². The molecule has 1 aliphatic rings. The minimum Gasteiger partial charge on any atom is -0.365 e. The Morgan fingerprint density at radius 2 is 1.94 bits per heavy atom. The fraction of sp³-hybridized carbons (Fsp3) is 0.667. The summed E-state index contributed by atoms with van der Waals surface area (Å²) >= 11 is 0. The molecule has 18 heavy (non-hydrogen) atoms. The van der Waals surface area contributed by atoms with E-state index in [9.17, 15) is 0 Å². The number of halogens is 1. The van der Waals surface area contributed by atoms with E-state index in [0.717, 1.165) is 37.9 Å². The van der Waals surface area contributed by atoms with Crippen molar-refractivity contribution in [2.24, 2.45) is 0 Å². The highest BCUT2D eigenvalue weighted by molar-refractivity contribution is 5.85. The Labute approximate surface area is 115 Å². The van der Waals surface area contributed by atoms with Crippen molar-refractivity contribution in [2.75, 3.05) is 36.4 Å². The van der Waals surface area contributed by atoms with E-state index in [-0.39, 0.29) is 17.9 Å². The summed E-state index contributed by atoms with van der Waals surface area (Å²) in [5, 5.41) is 6.69. The van der Waals surface area contributed by atoms with Gasteiger partial charge in [0, 0.05) is 37.9 Å². The van der Waals surface area contributed by atoms with E-state index in [0.29, 0.717) is 0 Å². The smallest absolute Gasteiger partial charge is 0.227 e. The van der Waals surface area contributed by atoms with Crippen LogP contribution in [0.1, 0.15) is 20.8 Å². The summed E-state index contributed by atoms with van der Waals surface area (Å²) in [4.78, 5) is 11.1. The first-order valence-electron chi connectivity index (χ1n) is 6.11. The van der Waals surface area contributed by atoms with E-state index < -0.39 is 0 Å². The summed E-state index contributed by atoms with van der Waals surface area (Å²) in [5.74, 6) is 1.71. The number of piperazine rings is 1. The number of nitrogens with zero attached hydrogens (tertiary/aromatic N) is 3. The summed E-state index contributed by atoms with van der Waals surface area (Å²) in [6.45, 7) is 10.3. The normalized spacial score (nSPS) is 16.1. The van der Waals surface area contributed by atoms with Gasteiger partial charge in [-0.1, -0.05) is 0 Å². The molecule has 0 amide bonds. The summed E-state index contributed by atoms with van der Waals surface area (Å²) in [7, 11) is 0. The fourth-order valence-electron chi connectivity index (χ4n) is 1.82. The van der Waals surface area contributed by atoms with Crippen molar-refractivity contribution in [3.05, 3.63) is 12.3 Å². The number of nitrogens with one attached hydrogen (secondary N) is 2. The maximum absolute atomic E-state index is 4.56. The van der Waals surface area contributed by atoms with Gasteiger partial charge in [-0.25, -0.2) is 4.98 Å². The third-order valence-electron chi connectivity index (χ3n) is 2.55. The number of hydrogen-bond acceptors (Lipinski definition) is 5. The van der Waals surface area contributed by atoms with Gasteiger partial charge in [-0.05, 0) is 26.8 Å². The van der Waals surface area contributed by atoms with Gasteiger partial charge in [0.15, 0.2) is 0 Å². The average Bonchev–Trinajstić information content (AvgIpc) is 2.28. The minimum atomic E-state index is 0. The maximum atomic E-state index is 4.56. The van der Waals surface area contributed by atoms with Gasteiger partial charge < -0.3 is 15.5 Å². The first-order chi connectivity index (χ1) is 8.04. The third kappa shape index (κ3) is 4.31. The maximum Gasteiger partial charge on any atom is 0.227 e. The van der Waals surface area contributed by atoms with E-state index in [4.69, 9.17) is 0 Å². The third-order valence-corrected chi connectivity index (χ3v) is 2.55. The number of rotatable bonds is 2. The molecular weight excluding hydrogens is 250 g/mol. The molecule has 1 aromatic heterocycles. The summed E-state index contributed by atoms with van der Waals surface area (Å²) < 4.78 is 0. The molecule has 0 unspecified atom stereocenters. The molecular formula is C12H22ClN5. The van der Waals surface area contributed by atoms with Crippen molar-refractivity contribution in [1.29, 1.82) is 0 Å². The predicted molar refractivity (Wildman–Crippen MR) is 77.7 cm³/mol. The molecule has 0 saturated carbocycles. The van der Waals surface area contributed by atoms with Crippen LogP contribution in [0.3, 0.4) is 0 Å². The fourth-order valence-corrected chi connectivity index (χ4v) is 1.82. The van der Waals surface area contributed by atoms with Crippen LogP contribution in [0.2, 0.25) is 0 Å². The van der Waals surface area contributed by atoms with Crippen molar-refractivity contribution in [3.63, 3.8) is 0 Å². The Morgan fingerprint density at radius 1 is 1.28 bits per heavy atom. The first-order valence-corrected chi connectivity index (χ1v) is 6.11. The summed E-state index contributed by atoms with van der Waals surface area (Å²) in [6, 6.07) is 1.91. The lowest BCUT2D eigenvalue weighted by atomic mass is 10.1. The van der Waals surface area contributed by atoms with Crippen LogP contribution < -0.4 is 15.5 Å². The lowest BCUT2D eigenvalue weighted by Gasteiger charge is -2.28. The van der Waals surface area contributed by atoms with Crippen molar-refractivity contribution in [3.8, 4) is 0 Å². The molecule has 2 N–H and O–H groups in total. The van der Waals surface area contributed by atoms with Gasteiger partial charge in [-0.3, -0.25) is 0 Å².